The lowest BCUT2D eigenvalue weighted by atomic mass is 10.1. The predicted molar refractivity (Wildman–Crippen MR) is 95.7 cm³/mol. The number of halogens is 2. The van der Waals surface area contributed by atoms with Crippen molar-refractivity contribution in [1.82, 2.24) is 15.5 Å². The van der Waals surface area contributed by atoms with Gasteiger partial charge in [-0.15, -0.1) is 0 Å². The van der Waals surface area contributed by atoms with Gasteiger partial charge in [0.1, 0.15) is 11.8 Å². The van der Waals surface area contributed by atoms with Crippen LogP contribution in [0.2, 0.25) is 0 Å². The van der Waals surface area contributed by atoms with Crippen LogP contribution in [0.3, 0.4) is 0 Å². The number of para-hydroxylation sites is 1. The van der Waals surface area contributed by atoms with Crippen molar-refractivity contribution in [2.45, 2.75) is 38.3 Å². The maximum atomic E-state index is 12.9. The highest BCUT2D eigenvalue weighted by Gasteiger charge is 2.35. The van der Waals surface area contributed by atoms with Crippen molar-refractivity contribution in [2.75, 3.05) is 26.2 Å². The fourth-order valence-corrected chi connectivity index (χ4v) is 3.76. The number of hydrogen-bond donors (Lipinski definition) is 2. The number of rotatable bonds is 7. The van der Waals surface area contributed by atoms with Gasteiger partial charge < -0.3 is 20.3 Å². The number of nitrogens with one attached hydrogen (secondary N) is 2. The Bertz CT molecular complexity index is 665. The summed E-state index contributed by atoms with van der Waals surface area (Å²) in [7, 11) is 0. The van der Waals surface area contributed by atoms with Crippen LogP contribution in [0.1, 0.15) is 36.0 Å². The molecular weight excluding hydrogens is 356 g/mol. The van der Waals surface area contributed by atoms with Crippen molar-refractivity contribution in [1.29, 1.82) is 0 Å². The van der Waals surface area contributed by atoms with E-state index in [0.717, 1.165) is 25.9 Å². The first-order chi connectivity index (χ1) is 13.1. The molecule has 148 valence electrons. The second-order valence-electron chi connectivity index (χ2n) is 6.97. The van der Waals surface area contributed by atoms with Gasteiger partial charge in [0.25, 0.3) is 5.91 Å². The van der Waals surface area contributed by atoms with Crippen LogP contribution >= 0.6 is 0 Å². The average molecular weight is 381 g/mol. The fraction of sp³-hybridized carbons (Fsp3) is 0.579. The number of amides is 2. The van der Waals surface area contributed by atoms with Gasteiger partial charge in [-0.25, -0.2) is 0 Å². The largest absolute Gasteiger partial charge is 0.434 e. The Morgan fingerprint density at radius 3 is 2.85 bits per heavy atom. The molecule has 0 saturated carbocycles. The summed E-state index contributed by atoms with van der Waals surface area (Å²) in [6.45, 7) is -0.0166. The Morgan fingerprint density at radius 2 is 2.11 bits per heavy atom. The Labute approximate surface area is 157 Å². The third kappa shape index (κ3) is 4.94. The van der Waals surface area contributed by atoms with Gasteiger partial charge in [-0.3, -0.25) is 9.59 Å². The van der Waals surface area contributed by atoms with E-state index < -0.39 is 18.6 Å². The molecule has 2 saturated heterocycles. The van der Waals surface area contributed by atoms with Crippen LogP contribution in [-0.4, -0.2) is 55.5 Å². The zero-order chi connectivity index (χ0) is 19.2. The molecule has 2 amide bonds. The lowest BCUT2D eigenvalue weighted by Gasteiger charge is -2.25. The molecular formula is C19H25F2N3O3. The van der Waals surface area contributed by atoms with E-state index in [-0.39, 0.29) is 17.2 Å². The molecule has 2 atom stereocenters. The number of benzene rings is 1. The minimum atomic E-state index is -3.01. The lowest BCUT2D eigenvalue weighted by molar-refractivity contribution is -0.124. The predicted octanol–water partition coefficient (Wildman–Crippen LogP) is 2.01. The highest BCUT2D eigenvalue weighted by atomic mass is 19.3. The topological polar surface area (TPSA) is 70.7 Å². The zero-order valence-electron chi connectivity index (χ0n) is 15.1. The molecule has 2 aliphatic rings. The standard InChI is InChI=1S/C19H25F2N3O3/c20-19(21)27-16-6-2-1-4-14(16)18(26)24-11-3-5-15(24)17(25)23-10-8-13-7-9-22-12-13/h1-2,4,6,13,15,19,22H,3,5,7-12H2,(H,23,25). The first kappa shape index (κ1) is 19.5. The highest BCUT2D eigenvalue weighted by molar-refractivity contribution is 6.00. The molecule has 0 bridgehead atoms. The van der Waals surface area contributed by atoms with Crippen LogP contribution < -0.4 is 15.4 Å². The SMILES string of the molecule is O=C(NCCC1CCNC1)C1CCCN1C(=O)c1ccccc1OC(F)F. The molecule has 0 aliphatic carbocycles. The van der Waals surface area contributed by atoms with Crippen molar-refractivity contribution >= 4 is 11.8 Å². The van der Waals surface area contributed by atoms with Crippen LogP contribution in [0.4, 0.5) is 8.78 Å². The van der Waals surface area contributed by atoms with E-state index in [1.807, 2.05) is 0 Å². The molecule has 0 spiro atoms. The van der Waals surface area contributed by atoms with Gasteiger partial charge in [0.2, 0.25) is 5.91 Å². The normalized spacial score (nSPS) is 22.3. The number of likely N-dealkylation sites (tertiary alicyclic amines) is 1. The first-order valence-electron chi connectivity index (χ1n) is 9.39. The van der Waals surface area contributed by atoms with Crippen molar-refractivity contribution in [2.24, 2.45) is 5.92 Å². The van der Waals surface area contributed by atoms with Gasteiger partial charge in [0.15, 0.2) is 0 Å². The Kier molecular flexibility index (Phi) is 6.60. The Balaban J connectivity index is 1.61. The van der Waals surface area contributed by atoms with E-state index >= 15 is 0 Å². The fourth-order valence-electron chi connectivity index (χ4n) is 3.76. The monoisotopic (exact) mass is 381 g/mol. The van der Waals surface area contributed by atoms with Gasteiger partial charge >= 0.3 is 6.61 Å². The molecule has 0 radical (unpaired) electrons. The quantitative estimate of drug-likeness (QED) is 0.758. The van der Waals surface area contributed by atoms with Crippen molar-refractivity contribution in [3.8, 4) is 5.75 Å². The van der Waals surface area contributed by atoms with Crippen LogP contribution in [0.25, 0.3) is 0 Å². The van der Waals surface area contributed by atoms with E-state index in [1.54, 1.807) is 6.07 Å². The molecule has 6 nitrogen and oxygen atoms in total. The average Bonchev–Trinajstić information content (AvgIpc) is 3.33. The highest BCUT2D eigenvalue weighted by Crippen LogP contribution is 2.26. The number of hydrogen-bond acceptors (Lipinski definition) is 4. The molecule has 2 heterocycles. The number of alkyl halides is 2. The van der Waals surface area contributed by atoms with Gasteiger partial charge in [-0.2, -0.15) is 8.78 Å². The summed E-state index contributed by atoms with van der Waals surface area (Å²) in [5.41, 5.74) is 0.0505. The summed E-state index contributed by atoms with van der Waals surface area (Å²) >= 11 is 0. The molecule has 0 aromatic heterocycles. The van der Waals surface area contributed by atoms with Crippen LogP contribution in [0.15, 0.2) is 24.3 Å². The molecule has 2 fully saturated rings. The van der Waals surface area contributed by atoms with Crippen LogP contribution in [-0.2, 0) is 4.79 Å². The zero-order valence-corrected chi connectivity index (χ0v) is 15.1. The molecule has 2 unspecified atom stereocenters. The third-order valence-electron chi connectivity index (χ3n) is 5.16. The van der Waals surface area contributed by atoms with E-state index in [4.69, 9.17) is 0 Å². The van der Waals surface area contributed by atoms with E-state index in [1.165, 1.54) is 23.1 Å². The Morgan fingerprint density at radius 1 is 1.30 bits per heavy atom. The third-order valence-corrected chi connectivity index (χ3v) is 5.16. The maximum absolute atomic E-state index is 12.9. The summed E-state index contributed by atoms with van der Waals surface area (Å²) in [5, 5.41) is 6.22. The second-order valence-corrected chi connectivity index (χ2v) is 6.97. The molecule has 1 aromatic carbocycles. The second kappa shape index (κ2) is 9.12. The molecule has 2 aliphatic heterocycles. The number of carbonyl (C=O) groups is 2. The number of carbonyl (C=O) groups excluding carboxylic acids is 2. The van der Waals surface area contributed by atoms with E-state index in [9.17, 15) is 18.4 Å². The van der Waals surface area contributed by atoms with E-state index in [0.29, 0.717) is 31.8 Å². The summed E-state index contributed by atoms with van der Waals surface area (Å²) in [5.74, 6) is -0.231. The molecule has 8 heteroatoms. The van der Waals surface area contributed by atoms with Gasteiger partial charge in [-0.1, -0.05) is 12.1 Å². The van der Waals surface area contributed by atoms with Crippen LogP contribution in [0.5, 0.6) is 5.75 Å². The molecule has 3 rings (SSSR count). The van der Waals surface area contributed by atoms with Gasteiger partial charge in [-0.05, 0) is 56.8 Å². The molecule has 1 aromatic rings. The summed E-state index contributed by atoms with van der Waals surface area (Å²) in [4.78, 5) is 26.9. The van der Waals surface area contributed by atoms with Gasteiger partial charge in [0, 0.05) is 13.1 Å². The minimum Gasteiger partial charge on any atom is -0.434 e. The summed E-state index contributed by atoms with van der Waals surface area (Å²) in [6, 6.07) is 5.33. The van der Waals surface area contributed by atoms with Crippen molar-refractivity contribution in [3.05, 3.63) is 29.8 Å². The van der Waals surface area contributed by atoms with Crippen molar-refractivity contribution < 1.29 is 23.1 Å². The number of ether oxygens (including phenoxy) is 1. The smallest absolute Gasteiger partial charge is 0.387 e. The number of nitrogens with zero attached hydrogens (tertiary/aromatic N) is 1. The van der Waals surface area contributed by atoms with Gasteiger partial charge in [0.05, 0.1) is 5.56 Å². The van der Waals surface area contributed by atoms with Crippen molar-refractivity contribution in [3.63, 3.8) is 0 Å². The maximum Gasteiger partial charge on any atom is 0.387 e. The summed E-state index contributed by atoms with van der Waals surface area (Å²) in [6.07, 6.45) is 3.30. The van der Waals surface area contributed by atoms with E-state index in [2.05, 4.69) is 15.4 Å². The van der Waals surface area contributed by atoms with Crippen LogP contribution in [0, 0.1) is 5.92 Å². The minimum absolute atomic E-state index is 0.0505. The first-order valence-corrected chi connectivity index (χ1v) is 9.39. The Hall–Kier alpha value is -2.22. The molecule has 2 N–H and O–H groups in total. The molecule has 27 heavy (non-hydrogen) atoms. The summed E-state index contributed by atoms with van der Waals surface area (Å²) < 4.78 is 29.7. The lowest BCUT2D eigenvalue weighted by Crippen LogP contribution is -2.46.